The van der Waals surface area contributed by atoms with Crippen molar-refractivity contribution in [2.75, 3.05) is 0 Å². The molecule has 1 aromatic heterocycles. The number of furan rings is 1. The number of hydrogen-bond acceptors (Lipinski definition) is 1. The molecule has 0 amide bonds. The Morgan fingerprint density at radius 1 is 0.345 bits per heavy atom. The molecule has 0 bridgehead atoms. The minimum absolute atomic E-state index is 0.665. The second-order valence-corrected chi connectivity index (χ2v) is 14.6. The highest BCUT2D eigenvalue weighted by Gasteiger charge is 2.20. The van der Waals surface area contributed by atoms with Crippen LogP contribution in [0.25, 0.3) is 124 Å². The van der Waals surface area contributed by atoms with Gasteiger partial charge in [-0.3, -0.25) is 0 Å². The summed E-state index contributed by atoms with van der Waals surface area (Å²) >= 11 is 0. The monoisotopic (exact) mass is 695 g/mol. The highest BCUT2D eigenvalue weighted by molar-refractivity contribution is 6.33. The number of hydrogen-bond donors (Lipinski definition) is 0. The average molecular weight is 696 g/mol. The Labute approximate surface area is 315 Å². The molecule has 11 aromatic carbocycles. The van der Waals surface area contributed by atoms with E-state index in [1.165, 1.54) is 86.9 Å². The van der Waals surface area contributed by atoms with Crippen LogP contribution in [0.5, 0.6) is 0 Å². The molecule has 0 N–H and O–H groups in total. The molecule has 55 heavy (non-hydrogen) atoms. The summed E-state index contributed by atoms with van der Waals surface area (Å²) in [6, 6.07) is 63.6. The van der Waals surface area contributed by atoms with E-state index in [9.17, 15) is 0 Å². The Hall–Kier alpha value is -7.47. The molecule has 2 heteroatoms. The van der Waals surface area contributed by atoms with Crippen molar-refractivity contribution in [3.05, 3.63) is 187 Å². The summed E-state index contributed by atoms with van der Waals surface area (Å²) in [7, 11) is 0. The summed E-state index contributed by atoms with van der Waals surface area (Å²) < 4.78 is 6.65. The van der Waals surface area contributed by atoms with Crippen LogP contribution in [-0.2, 0) is 0 Å². The molecule has 0 unspecified atom stereocenters. The lowest BCUT2D eigenvalue weighted by atomic mass is 9.84. The molecule has 0 aliphatic heterocycles. The molecule has 0 aliphatic rings. The van der Waals surface area contributed by atoms with Gasteiger partial charge in [-0.15, -0.1) is 0 Å². The van der Waals surface area contributed by atoms with Gasteiger partial charge in [0.15, 0.2) is 5.69 Å². The minimum Gasteiger partial charge on any atom is -0.455 e. The third kappa shape index (κ3) is 4.24. The fourth-order valence-corrected chi connectivity index (χ4v) is 9.41. The van der Waals surface area contributed by atoms with E-state index in [0.717, 1.165) is 32.7 Å². The summed E-state index contributed by atoms with van der Waals surface area (Å²) in [5.41, 5.74) is 7.38. The topological polar surface area (TPSA) is 17.5 Å². The molecule has 0 fully saturated rings. The van der Waals surface area contributed by atoms with Gasteiger partial charge in [-0.05, 0) is 123 Å². The van der Waals surface area contributed by atoms with Crippen molar-refractivity contribution < 1.29 is 4.42 Å². The summed E-state index contributed by atoms with van der Waals surface area (Å²) in [6.07, 6.45) is 0. The summed E-state index contributed by atoms with van der Waals surface area (Å²) in [5.74, 6) is 0. The van der Waals surface area contributed by atoms with E-state index in [0.29, 0.717) is 5.69 Å². The SMILES string of the molecule is [C-]#[N+]c1ccc2c(ccc3cc(-c4c5ccccc5c(-c5ccc6c(c5)c5ccccc5c5ccc7c8ccccc8oc7c56)c5ccccc45)ccc32)c1. The fourth-order valence-electron chi connectivity index (χ4n) is 9.41. The first kappa shape index (κ1) is 30.0. The van der Waals surface area contributed by atoms with Crippen LogP contribution in [0.2, 0.25) is 0 Å². The van der Waals surface area contributed by atoms with Gasteiger partial charge in [-0.25, -0.2) is 4.85 Å². The number of benzene rings is 11. The molecular formula is C53H29NO. The van der Waals surface area contributed by atoms with Crippen LogP contribution in [0, 0.1) is 6.57 Å². The molecule has 12 aromatic rings. The molecule has 252 valence electrons. The van der Waals surface area contributed by atoms with Gasteiger partial charge in [-0.1, -0.05) is 146 Å². The maximum absolute atomic E-state index is 7.47. The van der Waals surface area contributed by atoms with Gasteiger partial charge in [0.1, 0.15) is 11.2 Å². The number of nitrogens with zero attached hydrogens (tertiary/aromatic N) is 1. The van der Waals surface area contributed by atoms with E-state index in [-0.39, 0.29) is 0 Å². The van der Waals surface area contributed by atoms with Crippen LogP contribution in [0.1, 0.15) is 0 Å². The van der Waals surface area contributed by atoms with Crippen LogP contribution < -0.4 is 0 Å². The van der Waals surface area contributed by atoms with Crippen LogP contribution in [0.15, 0.2) is 180 Å². The quantitative estimate of drug-likeness (QED) is 0.1000. The second kappa shape index (κ2) is 11.3. The average Bonchev–Trinajstić information content (AvgIpc) is 3.64. The third-order valence-corrected chi connectivity index (χ3v) is 11.8. The van der Waals surface area contributed by atoms with Crippen molar-refractivity contribution in [1.82, 2.24) is 0 Å². The van der Waals surface area contributed by atoms with Crippen LogP contribution >= 0.6 is 0 Å². The van der Waals surface area contributed by atoms with Gasteiger partial charge in [-0.2, -0.15) is 0 Å². The summed E-state index contributed by atoms with van der Waals surface area (Å²) in [6.45, 7) is 7.47. The van der Waals surface area contributed by atoms with Crippen molar-refractivity contribution in [1.29, 1.82) is 0 Å². The van der Waals surface area contributed by atoms with Crippen molar-refractivity contribution in [2.24, 2.45) is 0 Å². The Bertz CT molecular complexity index is 3620. The van der Waals surface area contributed by atoms with Gasteiger partial charge in [0, 0.05) is 16.2 Å². The largest absolute Gasteiger partial charge is 0.455 e. The predicted molar refractivity (Wildman–Crippen MR) is 233 cm³/mol. The van der Waals surface area contributed by atoms with Crippen LogP contribution in [-0.4, -0.2) is 0 Å². The Kier molecular flexibility index (Phi) is 6.15. The van der Waals surface area contributed by atoms with E-state index >= 15 is 0 Å². The first-order chi connectivity index (χ1) is 27.2. The van der Waals surface area contributed by atoms with E-state index in [1.807, 2.05) is 18.2 Å². The molecule has 1 heterocycles. The Morgan fingerprint density at radius 2 is 0.818 bits per heavy atom. The van der Waals surface area contributed by atoms with Gasteiger partial charge >= 0.3 is 0 Å². The minimum atomic E-state index is 0.665. The highest BCUT2D eigenvalue weighted by atomic mass is 16.3. The van der Waals surface area contributed by atoms with Gasteiger partial charge < -0.3 is 4.42 Å². The second-order valence-electron chi connectivity index (χ2n) is 14.6. The zero-order valence-electron chi connectivity index (χ0n) is 29.6. The molecule has 0 spiro atoms. The molecule has 0 saturated heterocycles. The lowest BCUT2D eigenvalue weighted by Gasteiger charge is -2.19. The van der Waals surface area contributed by atoms with Crippen molar-refractivity contribution in [2.45, 2.75) is 0 Å². The Balaban J connectivity index is 1.14. The number of para-hydroxylation sites is 1. The third-order valence-electron chi connectivity index (χ3n) is 11.8. The summed E-state index contributed by atoms with van der Waals surface area (Å²) in [4.78, 5) is 3.65. The van der Waals surface area contributed by atoms with Crippen molar-refractivity contribution in [3.63, 3.8) is 0 Å². The maximum atomic E-state index is 7.47. The van der Waals surface area contributed by atoms with Crippen molar-refractivity contribution in [3.8, 4) is 22.3 Å². The highest BCUT2D eigenvalue weighted by Crippen LogP contribution is 2.47. The number of fused-ring (bicyclic) bond motifs is 15. The zero-order valence-corrected chi connectivity index (χ0v) is 29.6. The molecular weight excluding hydrogens is 667 g/mol. The first-order valence-corrected chi connectivity index (χ1v) is 18.7. The van der Waals surface area contributed by atoms with E-state index in [4.69, 9.17) is 11.0 Å². The normalized spacial score (nSPS) is 12.0. The van der Waals surface area contributed by atoms with Gasteiger partial charge in [0.25, 0.3) is 0 Å². The van der Waals surface area contributed by atoms with Crippen LogP contribution in [0.3, 0.4) is 0 Å². The van der Waals surface area contributed by atoms with Gasteiger partial charge in [0.05, 0.1) is 6.57 Å². The maximum Gasteiger partial charge on any atom is 0.187 e. The van der Waals surface area contributed by atoms with Gasteiger partial charge in [0.2, 0.25) is 0 Å². The number of rotatable bonds is 2. The summed E-state index contributed by atoms with van der Waals surface area (Å²) in [5, 5.41) is 19.1. The van der Waals surface area contributed by atoms with E-state index in [1.54, 1.807) is 0 Å². The van der Waals surface area contributed by atoms with E-state index in [2.05, 4.69) is 163 Å². The molecule has 12 rings (SSSR count). The lowest BCUT2D eigenvalue weighted by molar-refractivity contribution is 0.673. The lowest BCUT2D eigenvalue weighted by Crippen LogP contribution is -1.92. The van der Waals surface area contributed by atoms with Crippen molar-refractivity contribution >= 4 is 103 Å². The molecule has 0 radical (unpaired) electrons. The molecule has 0 aliphatic carbocycles. The predicted octanol–water partition coefficient (Wildman–Crippen LogP) is 15.5. The first-order valence-electron chi connectivity index (χ1n) is 18.7. The molecule has 0 saturated carbocycles. The van der Waals surface area contributed by atoms with E-state index < -0.39 is 0 Å². The smallest absolute Gasteiger partial charge is 0.187 e. The zero-order chi connectivity index (χ0) is 36.2. The van der Waals surface area contributed by atoms with Crippen LogP contribution in [0.4, 0.5) is 5.69 Å². The standard InChI is InChI=1S/C53H29NO/c1-54-35-22-25-37-32(29-35)19-18-31-28-33(20-23-36(31)37)50-41-13-4-6-15-43(41)51(44-16-7-5-14-42(44)50)34-21-24-46-48(30-34)39-11-3-2-10-38(39)45-26-27-47-40-12-8-9-17-49(40)55-53(47)52(45)46/h2-30H. The molecule has 0 atom stereocenters. The Morgan fingerprint density at radius 3 is 1.47 bits per heavy atom. The fraction of sp³-hybridized carbons (Fsp3) is 0. The molecule has 2 nitrogen and oxygen atoms in total.